The molecule has 0 aliphatic carbocycles. The second kappa shape index (κ2) is 5.63. The molecule has 0 aliphatic rings. The first-order chi connectivity index (χ1) is 4.29. The van der Waals surface area contributed by atoms with Gasteiger partial charge in [-0.3, -0.25) is 0 Å². The highest BCUT2D eigenvalue weighted by atomic mass is 16.5. The molecular weight excluding hydrogens is 137 g/mol. The normalized spacial score (nSPS) is 9.90. The van der Waals surface area contributed by atoms with Crippen LogP contribution in [0.5, 0.6) is 0 Å². The Labute approximate surface area is 60.3 Å². The van der Waals surface area contributed by atoms with Gasteiger partial charge in [-0.15, -0.1) is 0 Å². The molecule has 0 unspecified atom stereocenters. The lowest BCUT2D eigenvalue weighted by molar-refractivity contribution is 0.221. The second-order valence-electron chi connectivity index (χ2n) is 2.49. The first-order valence-electron chi connectivity index (χ1n) is 2.73. The lowest BCUT2D eigenvalue weighted by atomic mass is 10.1. The fraction of sp³-hybridized carbons (Fsp3) is 1.00. The molecule has 0 radical (unpaired) electrons. The highest BCUT2D eigenvalue weighted by molar-refractivity contribution is 6.30. The van der Waals surface area contributed by atoms with Crippen LogP contribution in [0, 0.1) is 0 Å². The Morgan fingerprint density at radius 1 is 1.30 bits per heavy atom. The van der Waals surface area contributed by atoms with Gasteiger partial charge in [0.15, 0.2) is 0 Å². The quantitative estimate of drug-likeness (QED) is 0.270. The number of hydrogen-bond acceptors (Lipinski definition) is 5. The SMILES string of the molecule is CC(C)(N)CO.OB(O)O. The molecule has 6 N–H and O–H groups in total. The number of nitrogens with two attached hydrogens (primary N) is 1. The van der Waals surface area contributed by atoms with Gasteiger partial charge >= 0.3 is 7.32 Å². The molecule has 10 heavy (non-hydrogen) atoms. The standard InChI is InChI=1S/C4H11NO.BH3O3/c1-4(2,5)3-6;2-1(3)4/h6H,3,5H2,1-2H3;2-4H. The molecule has 0 amide bonds. The van der Waals surface area contributed by atoms with Gasteiger partial charge in [0, 0.05) is 5.54 Å². The van der Waals surface area contributed by atoms with E-state index in [1.54, 1.807) is 13.8 Å². The smallest absolute Gasteiger partial charge is 0.402 e. The van der Waals surface area contributed by atoms with E-state index in [2.05, 4.69) is 0 Å². The van der Waals surface area contributed by atoms with Gasteiger partial charge in [0.2, 0.25) is 0 Å². The van der Waals surface area contributed by atoms with Gasteiger partial charge in [-0.05, 0) is 13.8 Å². The fourth-order valence-corrected chi connectivity index (χ4v) is 0. The van der Waals surface area contributed by atoms with Gasteiger partial charge in [0.1, 0.15) is 0 Å². The number of aliphatic hydroxyl groups excluding tert-OH is 1. The van der Waals surface area contributed by atoms with Crippen LogP contribution in [0.3, 0.4) is 0 Å². The molecule has 0 fully saturated rings. The summed E-state index contributed by atoms with van der Waals surface area (Å²) in [6, 6.07) is 0. The Hall–Kier alpha value is -0.135. The van der Waals surface area contributed by atoms with Crippen molar-refractivity contribution in [2.24, 2.45) is 5.73 Å². The molecule has 5 nitrogen and oxygen atoms in total. The zero-order valence-corrected chi connectivity index (χ0v) is 6.15. The van der Waals surface area contributed by atoms with Crippen LogP contribution in [0.15, 0.2) is 0 Å². The van der Waals surface area contributed by atoms with Crippen LogP contribution in [-0.4, -0.2) is 39.6 Å². The number of rotatable bonds is 1. The minimum absolute atomic E-state index is 0.0486. The zero-order valence-electron chi connectivity index (χ0n) is 6.15. The first-order valence-corrected chi connectivity index (χ1v) is 2.73. The van der Waals surface area contributed by atoms with E-state index in [-0.39, 0.29) is 6.61 Å². The lowest BCUT2D eigenvalue weighted by Crippen LogP contribution is -2.35. The van der Waals surface area contributed by atoms with Crippen LogP contribution in [0.1, 0.15) is 13.8 Å². The van der Waals surface area contributed by atoms with E-state index >= 15 is 0 Å². The van der Waals surface area contributed by atoms with Crippen LogP contribution in [0.25, 0.3) is 0 Å². The maximum Gasteiger partial charge on any atom is 0.631 e. The summed E-state index contributed by atoms with van der Waals surface area (Å²) < 4.78 is 0. The highest BCUT2D eigenvalue weighted by Crippen LogP contribution is 1.89. The van der Waals surface area contributed by atoms with Gasteiger partial charge < -0.3 is 25.9 Å². The Morgan fingerprint density at radius 2 is 1.40 bits per heavy atom. The van der Waals surface area contributed by atoms with E-state index in [1.165, 1.54) is 0 Å². The second-order valence-corrected chi connectivity index (χ2v) is 2.49. The zero-order chi connectivity index (χ0) is 8.78. The van der Waals surface area contributed by atoms with Crippen molar-refractivity contribution < 1.29 is 20.2 Å². The summed E-state index contributed by atoms with van der Waals surface area (Å²) in [5.74, 6) is 0. The Balaban J connectivity index is 0. The summed E-state index contributed by atoms with van der Waals surface area (Å²) in [4.78, 5) is 0. The fourth-order valence-electron chi connectivity index (χ4n) is 0. The Morgan fingerprint density at radius 3 is 1.40 bits per heavy atom. The number of hydrogen-bond donors (Lipinski definition) is 5. The van der Waals surface area contributed by atoms with Crippen molar-refractivity contribution in [3.8, 4) is 0 Å². The van der Waals surface area contributed by atoms with Crippen molar-refractivity contribution in [1.82, 2.24) is 0 Å². The van der Waals surface area contributed by atoms with Gasteiger partial charge in [-0.2, -0.15) is 0 Å². The predicted octanol–water partition coefficient (Wildman–Crippen LogP) is -2.34. The molecule has 0 atom stereocenters. The van der Waals surface area contributed by atoms with Crippen molar-refractivity contribution in [2.45, 2.75) is 19.4 Å². The molecule has 62 valence electrons. The van der Waals surface area contributed by atoms with E-state index in [0.29, 0.717) is 0 Å². The van der Waals surface area contributed by atoms with Crippen molar-refractivity contribution in [1.29, 1.82) is 0 Å². The average molecular weight is 151 g/mol. The molecule has 0 saturated carbocycles. The van der Waals surface area contributed by atoms with E-state index < -0.39 is 12.9 Å². The number of aliphatic hydroxyl groups is 1. The molecule has 0 heterocycles. The molecular formula is C4H14BNO4. The summed E-state index contributed by atoms with van der Waals surface area (Å²) in [6.45, 7) is 3.59. The van der Waals surface area contributed by atoms with Crippen LogP contribution in [-0.2, 0) is 0 Å². The summed E-state index contributed by atoms with van der Waals surface area (Å²) >= 11 is 0. The van der Waals surface area contributed by atoms with Gasteiger partial charge in [-0.1, -0.05) is 0 Å². The molecule has 0 spiro atoms. The van der Waals surface area contributed by atoms with Crippen LogP contribution >= 0.6 is 0 Å². The first kappa shape index (κ1) is 12.5. The van der Waals surface area contributed by atoms with Gasteiger partial charge in [-0.25, -0.2) is 0 Å². The molecule has 0 aromatic heterocycles. The van der Waals surface area contributed by atoms with E-state index in [0.717, 1.165) is 0 Å². The summed E-state index contributed by atoms with van der Waals surface area (Å²) in [6.07, 6.45) is 0. The van der Waals surface area contributed by atoms with E-state index in [9.17, 15) is 0 Å². The third-order valence-corrected chi connectivity index (χ3v) is 0.408. The molecule has 0 aliphatic heterocycles. The lowest BCUT2D eigenvalue weighted by Gasteiger charge is -2.12. The third-order valence-electron chi connectivity index (χ3n) is 0.408. The maximum absolute atomic E-state index is 8.28. The largest absolute Gasteiger partial charge is 0.631 e. The average Bonchev–Trinajstić information content (AvgIpc) is 1.63. The highest BCUT2D eigenvalue weighted by Gasteiger charge is 2.05. The van der Waals surface area contributed by atoms with Crippen molar-refractivity contribution in [3.05, 3.63) is 0 Å². The van der Waals surface area contributed by atoms with Gasteiger partial charge in [0.25, 0.3) is 0 Å². The Bertz CT molecular complexity index is 69.4. The molecule has 0 aromatic rings. The Kier molecular flexibility index (Phi) is 7.06. The summed E-state index contributed by atoms with van der Waals surface area (Å²) in [7, 11) is -2.17. The van der Waals surface area contributed by atoms with E-state index in [4.69, 9.17) is 25.9 Å². The van der Waals surface area contributed by atoms with Crippen molar-refractivity contribution in [3.63, 3.8) is 0 Å². The monoisotopic (exact) mass is 151 g/mol. The van der Waals surface area contributed by atoms with Crippen molar-refractivity contribution in [2.75, 3.05) is 6.61 Å². The third kappa shape index (κ3) is 45.2. The van der Waals surface area contributed by atoms with Gasteiger partial charge in [0.05, 0.1) is 6.61 Å². The van der Waals surface area contributed by atoms with E-state index in [1.807, 2.05) is 0 Å². The molecule has 6 heteroatoms. The minimum Gasteiger partial charge on any atom is -0.402 e. The summed E-state index contributed by atoms with van der Waals surface area (Å²) in [5.41, 5.74) is 4.88. The van der Waals surface area contributed by atoms with Crippen LogP contribution in [0.2, 0.25) is 0 Å². The topological polar surface area (TPSA) is 107 Å². The van der Waals surface area contributed by atoms with Crippen LogP contribution in [0.4, 0.5) is 0 Å². The summed E-state index contributed by atoms with van der Waals surface area (Å²) in [5, 5.41) is 29.8. The van der Waals surface area contributed by atoms with Crippen molar-refractivity contribution >= 4 is 7.32 Å². The molecule has 0 bridgehead atoms. The maximum atomic E-state index is 8.28. The minimum atomic E-state index is -2.17. The van der Waals surface area contributed by atoms with Crippen LogP contribution < -0.4 is 5.73 Å². The predicted molar refractivity (Wildman–Crippen MR) is 37.8 cm³/mol. The molecule has 0 aromatic carbocycles. The molecule has 0 rings (SSSR count). The molecule has 0 saturated heterocycles.